The van der Waals surface area contributed by atoms with Crippen molar-refractivity contribution in [1.82, 2.24) is 10.6 Å². The molecule has 7 heteroatoms. The summed E-state index contributed by atoms with van der Waals surface area (Å²) in [7, 11) is 0. The minimum Gasteiger partial charge on any atom is -0.481 e. The highest BCUT2D eigenvalue weighted by Gasteiger charge is 2.49. The third-order valence-corrected chi connectivity index (χ3v) is 7.48. The highest BCUT2D eigenvalue weighted by atomic mass is 16.5. The number of carbonyl (C=O) groups excluding carboxylic acids is 2. The number of fused-ring (bicyclic) bond motifs is 4. The Morgan fingerprint density at radius 2 is 1.61 bits per heavy atom. The molecule has 7 nitrogen and oxygen atoms in total. The van der Waals surface area contributed by atoms with Crippen molar-refractivity contribution in [3.8, 4) is 11.1 Å². The van der Waals surface area contributed by atoms with E-state index >= 15 is 0 Å². The molecule has 0 saturated heterocycles. The van der Waals surface area contributed by atoms with Crippen LogP contribution in [0.4, 0.5) is 4.79 Å². The van der Waals surface area contributed by atoms with Crippen LogP contribution in [0.15, 0.2) is 48.5 Å². The number of nitrogens with one attached hydrogen (secondary N) is 2. The molecule has 33 heavy (non-hydrogen) atoms. The van der Waals surface area contributed by atoms with Gasteiger partial charge in [-0.15, -0.1) is 0 Å². The molecule has 0 aliphatic heterocycles. The summed E-state index contributed by atoms with van der Waals surface area (Å²) >= 11 is 0. The van der Waals surface area contributed by atoms with E-state index < -0.39 is 12.1 Å². The standard InChI is InChI=1S/C26H28N2O5/c29-24(28-23-13-15-11-16(25(30)31)12-21(15)23)9-10-27-26(32)33-14-22-19-7-3-1-5-17(19)18-6-2-4-8-20(18)22/h1-8,15-16,21-23H,9-14H2,(H,27,32)(H,28,29)(H,30,31)/t15-,16?,21-,23+/m0/s1. The molecular weight excluding hydrogens is 420 g/mol. The SMILES string of the molecule is O=C(CCNC(=O)OCC1c2ccccc2-c2ccccc21)N[C@@H]1C[C@@H]2CC(C(=O)O)C[C@@H]21. The van der Waals surface area contributed by atoms with E-state index in [1.165, 1.54) is 11.1 Å². The van der Waals surface area contributed by atoms with E-state index in [-0.39, 0.29) is 49.3 Å². The van der Waals surface area contributed by atoms with Gasteiger partial charge in [0.15, 0.2) is 0 Å². The third-order valence-electron chi connectivity index (χ3n) is 7.48. The molecule has 3 N–H and O–H groups in total. The summed E-state index contributed by atoms with van der Waals surface area (Å²) in [5.74, 6) is -0.463. The fourth-order valence-electron chi connectivity index (χ4n) is 5.80. The molecule has 0 spiro atoms. The molecular formula is C26H28N2O5. The van der Waals surface area contributed by atoms with Crippen LogP contribution in [-0.2, 0) is 14.3 Å². The van der Waals surface area contributed by atoms with Gasteiger partial charge in [-0.1, -0.05) is 48.5 Å². The number of carboxylic acid groups (broad SMARTS) is 1. The molecule has 0 aromatic heterocycles. The van der Waals surface area contributed by atoms with Gasteiger partial charge in [0.25, 0.3) is 0 Å². The van der Waals surface area contributed by atoms with Crippen molar-refractivity contribution >= 4 is 18.0 Å². The van der Waals surface area contributed by atoms with E-state index in [1.807, 2.05) is 24.3 Å². The van der Waals surface area contributed by atoms with Crippen molar-refractivity contribution in [2.75, 3.05) is 13.2 Å². The molecule has 4 atom stereocenters. The molecule has 2 amide bonds. The minimum absolute atomic E-state index is 0.000879. The first-order valence-electron chi connectivity index (χ1n) is 11.6. The zero-order valence-electron chi connectivity index (χ0n) is 18.3. The number of benzene rings is 2. The monoisotopic (exact) mass is 448 g/mol. The Morgan fingerprint density at radius 3 is 2.27 bits per heavy atom. The molecule has 0 heterocycles. The van der Waals surface area contributed by atoms with E-state index in [1.54, 1.807) is 0 Å². The highest BCUT2D eigenvalue weighted by Crippen LogP contribution is 2.49. The van der Waals surface area contributed by atoms with Crippen LogP contribution in [-0.4, -0.2) is 42.3 Å². The molecule has 1 unspecified atom stereocenters. The van der Waals surface area contributed by atoms with Crippen molar-refractivity contribution < 1.29 is 24.2 Å². The zero-order valence-corrected chi connectivity index (χ0v) is 18.3. The first-order valence-corrected chi connectivity index (χ1v) is 11.6. The van der Waals surface area contributed by atoms with E-state index in [4.69, 9.17) is 4.74 Å². The van der Waals surface area contributed by atoms with E-state index in [0.717, 1.165) is 24.0 Å². The summed E-state index contributed by atoms with van der Waals surface area (Å²) in [6, 6.07) is 16.4. The largest absolute Gasteiger partial charge is 0.481 e. The van der Waals surface area contributed by atoms with Crippen molar-refractivity contribution in [2.45, 2.75) is 37.6 Å². The summed E-state index contributed by atoms with van der Waals surface area (Å²) in [6.45, 7) is 0.434. The van der Waals surface area contributed by atoms with Crippen LogP contribution in [0.2, 0.25) is 0 Å². The topological polar surface area (TPSA) is 105 Å². The maximum atomic E-state index is 12.3. The van der Waals surface area contributed by atoms with Gasteiger partial charge >= 0.3 is 12.1 Å². The predicted molar refractivity (Wildman–Crippen MR) is 122 cm³/mol. The molecule has 2 saturated carbocycles. The lowest BCUT2D eigenvalue weighted by Gasteiger charge is -2.40. The number of carboxylic acids is 1. The summed E-state index contributed by atoms with van der Waals surface area (Å²) in [5.41, 5.74) is 4.66. The summed E-state index contributed by atoms with van der Waals surface area (Å²) in [4.78, 5) is 35.7. The number of carbonyl (C=O) groups is 3. The molecule has 2 fully saturated rings. The Bertz CT molecular complexity index is 1040. The van der Waals surface area contributed by atoms with Gasteiger partial charge < -0.3 is 20.5 Å². The zero-order chi connectivity index (χ0) is 22.9. The number of rotatable bonds is 7. The van der Waals surface area contributed by atoms with Gasteiger partial charge in [-0.3, -0.25) is 9.59 Å². The first-order chi connectivity index (χ1) is 16.0. The van der Waals surface area contributed by atoms with Crippen LogP contribution in [0.1, 0.15) is 42.7 Å². The molecule has 5 rings (SSSR count). The molecule has 3 aliphatic rings. The van der Waals surface area contributed by atoms with E-state index in [0.29, 0.717) is 12.3 Å². The fourth-order valence-corrected chi connectivity index (χ4v) is 5.80. The maximum Gasteiger partial charge on any atom is 0.407 e. The molecule has 2 aromatic carbocycles. The molecule has 0 bridgehead atoms. The quantitative estimate of drug-likeness (QED) is 0.601. The lowest BCUT2D eigenvalue weighted by molar-refractivity contribution is -0.141. The Labute approximate surface area is 192 Å². The van der Waals surface area contributed by atoms with Gasteiger partial charge in [-0.2, -0.15) is 0 Å². The van der Waals surface area contributed by atoms with Crippen LogP contribution in [0, 0.1) is 17.8 Å². The van der Waals surface area contributed by atoms with Gasteiger partial charge in [-0.05, 0) is 53.4 Å². The fraction of sp³-hybridized carbons (Fsp3) is 0.423. The second kappa shape index (κ2) is 8.89. The third kappa shape index (κ3) is 4.19. The molecule has 3 aliphatic carbocycles. The first kappa shape index (κ1) is 21.5. The van der Waals surface area contributed by atoms with Gasteiger partial charge in [0, 0.05) is 24.9 Å². The minimum atomic E-state index is -0.734. The lowest BCUT2D eigenvalue weighted by atomic mass is 9.71. The summed E-state index contributed by atoms with van der Waals surface area (Å²) in [5, 5.41) is 14.8. The van der Waals surface area contributed by atoms with E-state index in [2.05, 4.69) is 34.9 Å². The average molecular weight is 449 g/mol. The number of hydrogen-bond acceptors (Lipinski definition) is 4. The Hall–Kier alpha value is -3.35. The molecule has 2 aromatic rings. The smallest absolute Gasteiger partial charge is 0.407 e. The maximum absolute atomic E-state index is 12.3. The van der Waals surface area contributed by atoms with Crippen LogP contribution >= 0.6 is 0 Å². The number of alkyl carbamates (subject to hydrolysis) is 1. The predicted octanol–water partition coefficient (Wildman–Crippen LogP) is 3.53. The normalized spacial score (nSPS) is 24.7. The Kier molecular flexibility index (Phi) is 5.79. The van der Waals surface area contributed by atoms with E-state index in [9.17, 15) is 19.5 Å². The van der Waals surface area contributed by atoms with Crippen LogP contribution < -0.4 is 10.6 Å². The van der Waals surface area contributed by atoms with Gasteiger partial charge in [0.1, 0.15) is 6.61 Å². The number of ether oxygens (including phenoxy) is 1. The van der Waals surface area contributed by atoms with Crippen LogP contribution in [0.5, 0.6) is 0 Å². The van der Waals surface area contributed by atoms with Gasteiger partial charge in [0.05, 0.1) is 5.92 Å². The van der Waals surface area contributed by atoms with Gasteiger partial charge in [-0.25, -0.2) is 4.79 Å². The molecule has 172 valence electrons. The number of amides is 2. The lowest BCUT2D eigenvalue weighted by Crippen LogP contribution is -2.50. The average Bonchev–Trinajstić information content (AvgIpc) is 3.31. The Morgan fingerprint density at radius 1 is 0.939 bits per heavy atom. The number of hydrogen-bond donors (Lipinski definition) is 3. The van der Waals surface area contributed by atoms with Crippen LogP contribution in [0.25, 0.3) is 11.1 Å². The van der Waals surface area contributed by atoms with Crippen molar-refractivity contribution in [1.29, 1.82) is 0 Å². The van der Waals surface area contributed by atoms with Crippen molar-refractivity contribution in [2.24, 2.45) is 17.8 Å². The number of aliphatic carboxylic acids is 1. The Balaban J connectivity index is 1.05. The second-order valence-corrected chi connectivity index (χ2v) is 9.34. The highest BCUT2D eigenvalue weighted by molar-refractivity contribution is 5.79. The van der Waals surface area contributed by atoms with Gasteiger partial charge in [0.2, 0.25) is 5.91 Å². The second-order valence-electron chi connectivity index (χ2n) is 9.34. The van der Waals surface area contributed by atoms with Crippen molar-refractivity contribution in [3.63, 3.8) is 0 Å². The van der Waals surface area contributed by atoms with Crippen LogP contribution in [0.3, 0.4) is 0 Å². The molecule has 0 radical (unpaired) electrons. The summed E-state index contributed by atoms with van der Waals surface area (Å²) in [6.07, 6.45) is 1.84. The van der Waals surface area contributed by atoms with Crippen molar-refractivity contribution in [3.05, 3.63) is 59.7 Å². The summed E-state index contributed by atoms with van der Waals surface area (Å²) < 4.78 is 5.49.